The van der Waals surface area contributed by atoms with E-state index in [-0.39, 0.29) is 0 Å². The van der Waals surface area contributed by atoms with Crippen molar-refractivity contribution in [2.45, 2.75) is 23.2 Å². The summed E-state index contributed by atoms with van der Waals surface area (Å²) in [6.45, 7) is 3.68. The van der Waals surface area contributed by atoms with Gasteiger partial charge in [0.05, 0.1) is 18.5 Å². The maximum atomic E-state index is 5.18. The van der Waals surface area contributed by atoms with Gasteiger partial charge in [-0.05, 0) is 12.8 Å². The number of anilines is 2. The summed E-state index contributed by atoms with van der Waals surface area (Å²) in [5.74, 6) is 1.45. The lowest BCUT2D eigenvalue weighted by Crippen LogP contribution is -2.30. The molecular weight excluding hydrogens is 250 g/mol. The molecule has 0 bridgehead atoms. The van der Waals surface area contributed by atoms with E-state index in [0.29, 0.717) is 11.2 Å². The Morgan fingerprint density at radius 3 is 2.61 bits per heavy atom. The third-order valence-corrected chi connectivity index (χ3v) is 4.09. The van der Waals surface area contributed by atoms with E-state index in [0.717, 1.165) is 37.4 Å². The molecule has 1 aromatic heterocycles. The van der Waals surface area contributed by atoms with Crippen LogP contribution in [0.5, 0.6) is 0 Å². The van der Waals surface area contributed by atoms with Crippen LogP contribution in [0.15, 0.2) is 5.16 Å². The van der Waals surface area contributed by atoms with Crippen LogP contribution in [0.25, 0.3) is 0 Å². The highest BCUT2D eigenvalue weighted by Gasteiger charge is 2.23. The molecule has 3 rings (SSSR count). The number of nitrogens with zero attached hydrogens (tertiary/aromatic N) is 4. The Labute approximate surface area is 111 Å². The maximum Gasteiger partial charge on any atom is 0.231 e. The fourth-order valence-electron chi connectivity index (χ4n) is 2.00. The first-order chi connectivity index (χ1) is 8.85. The van der Waals surface area contributed by atoms with Crippen LogP contribution >= 0.6 is 11.8 Å². The summed E-state index contributed by atoms with van der Waals surface area (Å²) in [5, 5.41) is 4.29. The van der Waals surface area contributed by atoms with Gasteiger partial charge in [0, 0.05) is 20.1 Å². The molecule has 2 aliphatic rings. The molecule has 1 aromatic rings. The average molecular weight is 267 g/mol. The zero-order valence-electron chi connectivity index (χ0n) is 10.4. The second-order valence-corrected chi connectivity index (χ2v) is 5.73. The first-order valence-electron chi connectivity index (χ1n) is 6.28. The first-order valence-corrected chi connectivity index (χ1v) is 7.16. The van der Waals surface area contributed by atoms with E-state index < -0.39 is 0 Å². The Bertz CT molecular complexity index is 420. The molecule has 0 spiro atoms. The highest BCUT2D eigenvalue weighted by Crippen LogP contribution is 2.27. The third-order valence-electron chi connectivity index (χ3n) is 3.10. The number of hydrogen-bond donors (Lipinski definition) is 1. The molecule has 3 heterocycles. The largest absolute Gasteiger partial charge is 0.379 e. The standard InChI is InChI=1S/C11H17N5OS/c1-12-9-13-10(16-4-2-3-5-16)15-11(14-9)18-8-6-17-7-8/h8H,2-7H2,1H3,(H,12,13,14,15). The van der Waals surface area contributed by atoms with E-state index in [1.54, 1.807) is 11.8 Å². The lowest BCUT2D eigenvalue weighted by molar-refractivity contribution is 0.0454. The van der Waals surface area contributed by atoms with Crippen molar-refractivity contribution in [2.75, 3.05) is 43.6 Å². The fourth-order valence-corrected chi connectivity index (χ4v) is 2.90. The SMILES string of the molecule is CNc1nc(SC2COC2)nc(N2CCCC2)n1. The summed E-state index contributed by atoms with van der Waals surface area (Å²) >= 11 is 1.68. The Kier molecular flexibility index (Phi) is 3.51. The van der Waals surface area contributed by atoms with Gasteiger partial charge in [-0.1, -0.05) is 11.8 Å². The van der Waals surface area contributed by atoms with Gasteiger partial charge in [0.1, 0.15) is 0 Å². The summed E-state index contributed by atoms with van der Waals surface area (Å²) in [4.78, 5) is 15.6. The molecule has 2 saturated heterocycles. The van der Waals surface area contributed by atoms with Crippen LogP contribution in [0, 0.1) is 0 Å². The molecule has 98 valence electrons. The van der Waals surface area contributed by atoms with Crippen LogP contribution in [0.2, 0.25) is 0 Å². The van der Waals surface area contributed by atoms with Gasteiger partial charge >= 0.3 is 0 Å². The molecule has 0 radical (unpaired) electrons. The fraction of sp³-hybridized carbons (Fsp3) is 0.727. The average Bonchev–Trinajstić information content (AvgIpc) is 2.87. The predicted octanol–water partition coefficient (Wildman–Crippen LogP) is 1.00. The minimum Gasteiger partial charge on any atom is -0.379 e. The maximum absolute atomic E-state index is 5.18. The molecule has 0 amide bonds. The third kappa shape index (κ3) is 2.51. The van der Waals surface area contributed by atoms with Gasteiger partial charge < -0.3 is 15.0 Å². The van der Waals surface area contributed by atoms with E-state index in [4.69, 9.17) is 4.74 Å². The normalized spacial score (nSPS) is 19.9. The van der Waals surface area contributed by atoms with E-state index in [9.17, 15) is 0 Å². The first kappa shape index (κ1) is 12.0. The zero-order valence-corrected chi connectivity index (χ0v) is 11.2. The molecule has 0 aliphatic carbocycles. The molecule has 0 atom stereocenters. The van der Waals surface area contributed by atoms with Gasteiger partial charge in [0.15, 0.2) is 5.16 Å². The summed E-state index contributed by atoms with van der Waals surface area (Å²) < 4.78 is 5.18. The Balaban J connectivity index is 1.80. The van der Waals surface area contributed by atoms with E-state index in [2.05, 4.69) is 25.2 Å². The van der Waals surface area contributed by atoms with Gasteiger partial charge in [-0.25, -0.2) is 0 Å². The van der Waals surface area contributed by atoms with Gasteiger partial charge in [0.25, 0.3) is 0 Å². The van der Waals surface area contributed by atoms with Crippen LogP contribution < -0.4 is 10.2 Å². The highest BCUT2D eigenvalue weighted by molar-refractivity contribution is 7.99. The molecule has 6 nitrogen and oxygen atoms in total. The van der Waals surface area contributed by atoms with Crippen LogP contribution in [0.4, 0.5) is 11.9 Å². The van der Waals surface area contributed by atoms with Gasteiger partial charge in [-0.3, -0.25) is 0 Å². The second kappa shape index (κ2) is 5.27. The quantitative estimate of drug-likeness (QED) is 0.873. The molecular formula is C11H17N5OS. The van der Waals surface area contributed by atoms with E-state index >= 15 is 0 Å². The van der Waals surface area contributed by atoms with Crippen molar-refractivity contribution in [1.29, 1.82) is 0 Å². The summed E-state index contributed by atoms with van der Waals surface area (Å²) in [5.41, 5.74) is 0. The minimum atomic E-state index is 0.489. The van der Waals surface area contributed by atoms with Crippen molar-refractivity contribution in [1.82, 2.24) is 15.0 Å². The van der Waals surface area contributed by atoms with Gasteiger partial charge in [-0.2, -0.15) is 15.0 Å². The van der Waals surface area contributed by atoms with Gasteiger partial charge in [-0.15, -0.1) is 0 Å². The van der Waals surface area contributed by atoms with Crippen molar-refractivity contribution < 1.29 is 4.74 Å². The van der Waals surface area contributed by atoms with Gasteiger partial charge in [0.2, 0.25) is 11.9 Å². The van der Waals surface area contributed by atoms with Crippen LogP contribution in [-0.2, 0) is 4.74 Å². The number of aromatic nitrogens is 3. The molecule has 18 heavy (non-hydrogen) atoms. The lowest BCUT2D eigenvalue weighted by atomic mass is 10.4. The lowest BCUT2D eigenvalue weighted by Gasteiger charge is -2.24. The van der Waals surface area contributed by atoms with Crippen molar-refractivity contribution in [3.8, 4) is 0 Å². The van der Waals surface area contributed by atoms with Crippen molar-refractivity contribution in [3.05, 3.63) is 0 Å². The van der Waals surface area contributed by atoms with E-state index in [1.807, 2.05) is 7.05 Å². The molecule has 0 unspecified atom stereocenters. The van der Waals surface area contributed by atoms with Crippen molar-refractivity contribution in [2.24, 2.45) is 0 Å². The Morgan fingerprint density at radius 1 is 1.22 bits per heavy atom. The highest BCUT2D eigenvalue weighted by atomic mass is 32.2. The number of ether oxygens (including phenoxy) is 1. The van der Waals surface area contributed by atoms with Crippen molar-refractivity contribution in [3.63, 3.8) is 0 Å². The summed E-state index contributed by atoms with van der Waals surface area (Å²) in [6, 6.07) is 0. The summed E-state index contributed by atoms with van der Waals surface area (Å²) in [6.07, 6.45) is 2.44. The molecule has 2 fully saturated rings. The minimum absolute atomic E-state index is 0.489. The zero-order chi connectivity index (χ0) is 12.4. The molecule has 0 saturated carbocycles. The smallest absolute Gasteiger partial charge is 0.231 e. The van der Waals surface area contributed by atoms with Crippen LogP contribution in [0.1, 0.15) is 12.8 Å². The topological polar surface area (TPSA) is 63.2 Å². The number of rotatable bonds is 4. The molecule has 0 aromatic carbocycles. The van der Waals surface area contributed by atoms with Crippen molar-refractivity contribution >= 4 is 23.7 Å². The van der Waals surface area contributed by atoms with Crippen LogP contribution in [-0.4, -0.2) is 53.6 Å². The number of thioether (sulfide) groups is 1. The molecule has 7 heteroatoms. The Hall–Kier alpha value is -1.08. The second-order valence-electron chi connectivity index (χ2n) is 4.46. The number of hydrogen-bond acceptors (Lipinski definition) is 7. The van der Waals surface area contributed by atoms with E-state index in [1.165, 1.54) is 12.8 Å². The summed E-state index contributed by atoms with van der Waals surface area (Å²) in [7, 11) is 1.84. The Morgan fingerprint density at radius 2 is 2.00 bits per heavy atom. The monoisotopic (exact) mass is 267 g/mol. The molecule has 2 aliphatic heterocycles. The van der Waals surface area contributed by atoms with Crippen LogP contribution in [0.3, 0.4) is 0 Å². The number of nitrogens with one attached hydrogen (secondary N) is 1. The molecule has 1 N–H and O–H groups in total. The predicted molar refractivity (Wildman–Crippen MR) is 71.3 cm³/mol.